The van der Waals surface area contributed by atoms with Gasteiger partial charge in [0.15, 0.2) is 5.69 Å². The topological polar surface area (TPSA) is 88.8 Å². The molecule has 0 N–H and O–H groups in total. The van der Waals surface area contributed by atoms with Crippen molar-refractivity contribution in [2.24, 2.45) is 0 Å². The van der Waals surface area contributed by atoms with Crippen molar-refractivity contribution in [3.8, 4) is 5.88 Å². The van der Waals surface area contributed by atoms with Gasteiger partial charge in [-0.3, -0.25) is 9.59 Å². The highest BCUT2D eigenvalue weighted by Gasteiger charge is 2.25. The van der Waals surface area contributed by atoms with Gasteiger partial charge in [-0.05, 0) is 19.4 Å². The zero-order valence-electron chi connectivity index (χ0n) is 14.3. The molecule has 132 valence electrons. The molecule has 3 heterocycles. The summed E-state index contributed by atoms with van der Waals surface area (Å²) in [5.74, 6) is 0.740. The maximum atomic E-state index is 12.7. The summed E-state index contributed by atoms with van der Waals surface area (Å²) in [5.41, 5.74) is 0.829. The molecule has 0 spiro atoms. The smallest absolute Gasteiger partial charge is 0.276 e. The molecule has 8 heteroatoms. The van der Waals surface area contributed by atoms with Gasteiger partial charge in [-0.2, -0.15) is 0 Å². The minimum Gasteiger partial charge on any atom is -0.481 e. The first-order valence-electron chi connectivity index (χ1n) is 8.10. The first-order chi connectivity index (χ1) is 12.1. The van der Waals surface area contributed by atoms with Crippen LogP contribution in [0.15, 0.2) is 28.9 Å². The molecule has 0 bridgehead atoms. The normalized spacial score (nSPS) is 15.0. The van der Waals surface area contributed by atoms with Crippen LogP contribution in [0.2, 0.25) is 0 Å². The van der Waals surface area contributed by atoms with Crippen LogP contribution >= 0.6 is 0 Å². The average Bonchev–Trinajstić information content (AvgIpc) is 2.93. The van der Waals surface area contributed by atoms with Crippen molar-refractivity contribution >= 4 is 11.8 Å². The van der Waals surface area contributed by atoms with E-state index in [1.54, 1.807) is 41.1 Å². The molecule has 0 atom stereocenters. The molecule has 2 amide bonds. The number of carbonyl (C=O) groups is 2. The second-order valence-corrected chi connectivity index (χ2v) is 5.85. The Kier molecular flexibility index (Phi) is 4.97. The number of carbonyl (C=O) groups excluding carboxylic acids is 2. The predicted octanol–water partition coefficient (Wildman–Crippen LogP) is 1.37. The number of hydrogen-bond donors (Lipinski definition) is 0. The van der Waals surface area contributed by atoms with Gasteiger partial charge in [0.05, 0.1) is 7.11 Å². The minimum absolute atomic E-state index is 0.0905. The standard InChI is InChI=1S/C17H20N4O4/c1-12-10-14(19-25-12)17(23)21-7-3-6-20(8-9-21)16(22)13-4-5-18-15(11-13)24-2/h4-5,10-11H,3,6-9H2,1-2H3. The first kappa shape index (κ1) is 16.9. The number of methoxy groups -OCH3 is 1. The van der Waals surface area contributed by atoms with E-state index < -0.39 is 0 Å². The molecule has 2 aromatic rings. The van der Waals surface area contributed by atoms with E-state index in [0.29, 0.717) is 55.5 Å². The van der Waals surface area contributed by atoms with Crippen LogP contribution in [-0.4, -0.2) is 65.0 Å². The Hall–Kier alpha value is -2.90. The molecule has 0 aromatic carbocycles. The molecule has 8 nitrogen and oxygen atoms in total. The lowest BCUT2D eigenvalue weighted by Gasteiger charge is -2.21. The molecule has 3 rings (SSSR count). The third-order valence-electron chi connectivity index (χ3n) is 4.11. The van der Waals surface area contributed by atoms with E-state index in [2.05, 4.69) is 10.1 Å². The lowest BCUT2D eigenvalue weighted by molar-refractivity contribution is 0.0713. The molecular formula is C17H20N4O4. The van der Waals surface area contributed by atoms with Gasteiger partial charge in [-0.1, -0.05) is 5.16 Å². The summed E-state index contributed by atoms with van der Waals surface area (Å²) >= 11 is 0. The Balaban J connectivity index is 1.66. The lowest BCUT2D eigenvalue weighted by atomic mass is 10.2. The van der Waals surface area contributed by atoms with Crippen molar-refractivity contribution in [1.82, 2.24) is 19.9 Å². The zero-order valence-corrected chi connectivity index (χ0v) is 14.3. The fourth-order valence-corrected chi connectivity index (χ4v) is 2.79. The minimum atomic E-state index is -0.170. The summed E-state index contributed by atoms with van der Waals surface area (Å²) in [6.07, 6.45) is 2.25. The van der Waals surface area contributed by atoms with Crippen LogP contribution in [0.5, 0.6) is 5.88 Å². The van der Waals surface area contributed by atoms with Gasteiger partial charge < -0.3 is 19.1 Å². The van der Waals surface area contributed by atoms with Crippen molar-refractivity contribution in [1.29, 1.82) is 0 Å². The molecule has 0 aliphatic carbocycles. The van der Waals surface area contributed by atoms with E-state index in [-0.39, 0.29) is 11.8 Å². The van der Waals surface area contributed by atoms with Crippen LogP contribution in [0.1, 0.15) is 33.0 Å². The lowest BCUT2D eigenvalue weighted by Crippen LogP contribution is -2.37. The zero-order chi connectivity index (χ0) is 17.8. The van der Waals surface area contributed by atoms with Crippen LogP contribution in [0.25, 0.3) is 0 Å². The van der Waals surface area contributed by atoms with Crippen LogP contribution in [-0.2, 0) is 0 Å². The van der Waals surface area contributed by atoms with Crippen LogP contribution in [0, 0.1) is 6.92 Å². The number of rotatable bonds is 3. The molecular weight excluding hydrogens is 324 g/mol. The van der Waals surface area contributed by atoms with Crippen LogP contribution in [0.4, 0.5) is 0 Å². The third-order valence-corrected chi connectivity index (χ3v) is 4.11. The van der Waals surface area contributed by atoms with Crippen molar-refractivity contribution in [2.75, 3.05) is 33.3 Å². The highest BCUT2D eigenvalue weighted by molar-refractivity contribution is 5.95. The Bertz CT molecular complexity index is 774. The Labute approximate surface area is 145 Å². The number of nitrogens with zero attached hydrogens (tertiary/aromatic N) is 4. The second kappa shape index (κ2) is 7.33. The van der Waals surface area contributed by atoms with Crippen molar-refractivity contribution in [2.45, 2.75) is 13.3 Å². The average molecular weight is 344 g/mol. The van der Waals surface area contributed by atoms with Crippen molar-refractivity contribution in [3.05, 3.63) is 41.4 Å². The maximum Gasteiger partial charge on any atom is 0.276 e. The van der Waals surface area contributed by atoms with E-state index in [4.69, 9.17) is 9.26 Å². The summed E-state index contributed by atoms with van der Waals surface area (Å²) in [6.45, 7) is 3.83. The van der Waals surface area contributed by atoms with Gasteiger partial charge in [0.1, 0.15) is 5.76 Å². The summed E-state index contributed by atoms with van der Waals surface area (Å²) in [6, 6.07) is 4.91. The van der Waals surface area contributed by atoms with Crippen molar-refractivity contribution in [3.63, 3.8) is 0 Å². The maximum absolute atomic E-state index is 12.7. The number of pyridine rings is 1. The molecule has 0 saturated carbocycles. The fraction of sp³-hybridized carbons (Fsp3) is 0.412. The third kappa shape index (κ3) is 3.78. The SMILES string of the molecule is COc1cc(C(=O)N2CCCN(C(=O)c3cc(C)on3)CC2)ccn1. The van der Waals surface area contributed by atoms with Crippen molar-refractivity contribution < 1.29 is 18.8 Å². The summed E-state index contributed by atoms with van der Waals surface area (Å²) in [5, 5.41) is 3.77. The molecule has 2 aromatic heterocycles. The number of ether oxygens (including phenoxy) is 1. The van der Waals surface area contributed by atoms with Gasteiger partial charge in [0, 0.05) is 50.1 Å². The summed E-state index contributed by atoms with van der Waals surface area (Å²) in [4.78, 5) is 32.6. The number of aromatic nitrogens is 2. The predicted molar refractivity (Wildman–Crippen MR) is 88.5 cm³/mol. The van der Waals surface area contributed by atoms with E-state index in [9.17, 15) is 9.59 Å². The van der Waals surface area contributed by atoms with Gasteiger partial charge in [-0.25, -0.2) is 4.98 Å². The van der Waals surface area contributed by atoms with Crippen LogP contribution < -0.4 is 4.74 Å². The van der Waals surface area contributed by atoms with E-state index in [1.807, 2.05) is 0 Å². The monoisotopic (exact) mass is 344 g/mol. The van der Waals surface area contributed by atoms with Crippen LogP contribution in [0.3, 0.4) is 0 Å². The quantitative estimate of drug-likeness (QED) is 0.836. The summed E-state index contributed by atoms with van der Waals surface area (Å²) < 4.78 is 10.0. The number of hydrogen-bond acceptors (Lipinski definition) is 6. The molecule has 0 unspecified atom stereocenters. The largest absolute Gasteiger partial charge is 0.481 e. The fourth-order valence-electron chi connectivity index (χ4n) is 2.79. The van der Waals surface area contributed by atoms with Gasteiger partial charge in [0.2, 0.25) is 5.88 Å². The summed E-state index contributed by atoms with van der Waals surface area (Å²) in [7, 11) is 1.51. The van der Waals surface area contributed by atoms with E-state index >= 15 is 0 Å². The molecule has 1 saturated heterocycles. The number of amides is 2. The molecule has 1 fully saturated rings. The highest BCUT2D eigenvalue weighted by atomic mass is 16.5. The molecule has 25 heavy (non-hydrogen) atoms. The molecule has 0 radical (unpaired) electrons. The molecule has 1 aliphatic heterocycles. The first-order valence-corrected chi connectivity index (χ1v) is 8.10. The second-order valence-electron chi connectivity index (χ2n) is 5.85. The van der Waals surface area contributed by atoms with E-state index in [1.165, 1.54) is 7.11 Å². The highest BCUT2D eigenvalue weighted by Crippen LogP contribution is 2.14. The Morgan fingerprint density at radius 2 is 1.84 bits per heavy atom. The van der Waals surface area contributed by atoms with Gasteiger partial charge in [-0.15, -0.1) is 0 Å². The van der Waals surface area contributed by atoms with Gasteiger partial charge >= 0.3 is 0 Å². The van der Waals surface area contributed by atoms with Gasteiger partial charge in [0.25, 0.3) is 11.8 Å². The molecule has 1 aliphatic rings. The van der Waals surface area contributed by atoms with E-state index in [0.717, 1.165) is 0 Å². The number of aryl methyl sites for hydroxylation is 1. The Morgan fingerprint density at radius 1 is 1.12 bits per heavy atom. The Morgan fingerprint density at radius 3 is 2.48 bits per heavy atom.